The quantitative estimate of drug-likeness (QED) is 0.444. The number of hydrogen-bond donors (Lipinski definition) is 1. The molecule has 116 valence electrons. The van der Waals surface area contributed by atoms with Crippen molar-refractivity contribution < 1.29 is 17.7 Å². The van der Waals surface area contributed by atoms with Crippen LogP contribution in [0.3, 0.4) is 0 Å². The lowest BCUT2D eigenvalue weighted by molar-refractivity contribution is 0.166. The molecule has 19 heavy (non-hydrogen) atoms. The van der Waals surface area contributed by atoms with E-state index in [9.17, 15) is 0 Å². The summed E-state index contributed by atoms with van der Waals surface area (Å²) in [6, 6.07) is 0. The maximum atomic E-state index is 5.90. The van der Waals surface area contributed by atoms with E-state index in [0.29, 0.717) is 13.2 Å². The molecule has 0 saturated carbocycles. The molecule has 0 radical (unpaired) electrons. The van der Waals surface area contributed by atoms with Gasteiger partial charge in [-0.05, 0) is 25.9 Å². The third kappa shape index (κ3) is 8.18. The standard InChI is InChI=1S/C12H31NO4Si2/c1-7-9-11-16-18(5,14-3)13-19(6,15-4)17-12-10-8-2/h13H,7-12H2,1-6H3. The van der Waals surface area contributed by atoms with Crippen LogP contribution in [-0.2, 0) is 17.7 Å². The van der Waals surface area contributed by atoms with Gasteiger partial charge in [0.15, 0.2) is 0 Å². The van der Waals surface area contributed by atoms with Crippen molar-refractivity contribution in [2.45, 2.75) is 52.6 Å². The fourth-order valence-electron chi connectivity index (χ4n) is 1.53. The molecule has 0 aromatic rings. The molecule has 0 aliphatic heterocycles. The molecule has 0 amide bonds. The Balaban J connectivity index is 4.42. The van der Waals surface area contributed by atoms with Crippen molar-refractivity contribution in [3.63, 3.8) is 0 Å². The van der Waals surface area contributed by atoms with Crippen molar-refractivity contribution in [3.05, 3.63) is 0 Å². The van der Waals surface area contributed by atoms with Crippen LogP contribution in [0, 0.1) is 0 Å². The Morgan fingerprint density at radius 3 is 1.42 bits per heavy atom. The highest BCUT2D eigenvalue weighted by atomic mass is 28.4. The van der Waals surface area contributed by atoms with Crippen LogP contribution in [-0.4, -0.2) is 44.9 Å². The molecule has 5 nitrogen and oxygen atoms in total. The maximum Gasteiger partial charge on any atom is 0.418 e. The highest BCUT2D eigenvalue weighted by Gasteiger charge is 2.43. The van der Waals surface area contributed by atoms with E-state index in [2.05, 4.69) is 18.5 Å². The monoisotopic (exact) mass is 309 g/mol. The Kier molecular flexibility index (Phi) is 10.2. The minimum Gasteiger partial charge on any atom is -0.386 e. The first kappa shape index (κ1) is 19.2. The van der Waals surface area contributed by atoms with Crippen LogP contribution < -0.4 is 4.65 Å². The summed E-state index contributed by atoms with van der Waals surface area (Å²) < 4.78 is 26.4. The molecular formula is C12H31NO4Si2. The zero-order valence-corrected chi connectivity index (χ0v) is 15.4. The maximum absolute atomic E-state index is 5.90. The van der Waals surface area contributed by atoms with Crippen LogP contribution >= 0.6 is 0 Å². The van der Waals surface area contributed by atoms with E-state index in [1.807, 2.05) is 13.1 Å². The zero-order chi connectivity index (χ0) is 14.8. The fraction of sp³-hybridized carbons (Fsp3) is 1.00. The van der Waals surface area contributed by atoms with E-state index in [1.54, 1.807) is 14.2 Å². The summed E-state index contributed by atoms with van der Waals surface area (Å²) in [6.45, 7) is 9.70. The van der Waals surface area contributed by atoms with Crippen LogP contribution in [0.15, 0.2) is 0 Å². The van der Waals surface area contributed by atoms with E-state index >= 15 is 0 Å². The average molecular weight is 310 g/mol. The molecule has 0 aromatic carbocycles. The lowest BCUT2D eigenvalue weighted by atomic mass is 10.4. The van der Waals surface area contributed by atoms with Crippen molar-refractivity contribution in [2.24, 2.45) is 0 Å². The summed E-state index contributed by atoms with van der Waals surface area (Å²) in [5.41, 5.74) is 0. The van der Waals surface area contributed by atoms with Crippen molar-refractivity contribution in [3.8, 4) is 0 Å². The molecule has 0 spiro atoms. The Bertz CT molecular complexity index is 214. The Morgan fingerprint density at radius 2 is 1.16 bits per heavy atom. The van der Waals surface area contributed by atoms with Gasteiger partial charge in [-0.2, -0.15) is 0 Å². The van der Waals surface area contributed by atoms with Crippen LogP contribution in [0.1, 0.15) is 39.5 Å². The predicted molar refractivity (Wildman–Crippen MR) is 82.1 cm³/mol. The molecule has 0 bridgehead atoms. The molecule has 0 saturated heterocycles. The molecule has 7 heteroatoms. The molecule has 2 atom stereocenters. The molecule has 0 aliphatic rings. The van der Waals surface area contributed by atoms with Gasteiger partial charge >= 0.3 is 17.4 Å². The van der Waals surface area contributed by atoms with Gasteiger partial charge in [0.1, 0.15) is 0 Å². The molecule has 1 N–H and O–H groups in total. The summed E-state index contributed by atoms with van der Waals surface area (Å²) in [5, 5.41) is 0. The predicted octanol–water partition coefficient (Wildman–Crippen LogP) is 2.64. The number of unbranched alkanes of at least 4 members (excludes halogenated alkanes) is 2. The van der Waals surface area contributed by atoms with E-state index in [1.165, 1.54) is 0 Å². The molecular weight excluding hydrogens is 278 g/mol. The van der Waals surface area contributed by atoms with Gasteiger partial charge in [-0.3, -0.25) is 4.65 Å². The average Bonchev–Trinajstić information content (AvgIpc) is 2.39. The van der Waals surface area contributed by atoms with E-state index < -0.39 is 17.4 Å². The van der Waals surface area contributed by atoms with Crippen LogP contribution in [0.4, 0.5) is 0 Å². The lowest BCUT2D eigenvalue weighted by Crippen LogP contribution is -2.67. The van der Waals surface area contributed by atoms with E-state index in [-0.39, 0.29) is 0 Å². The first-order valence-corrected chi connectivity index (χ1v) is 11.8. The van der Waals surface area contributed by atoms with Gasteiger partial charge in [-0.15, -0.1) is 0 Å². The van der Waals surface area contributed by atoms with Gasteiger partial charge in [0, 0.05) is 27.4 Å². The van der Waals surface area contributed by atoms with E-state index in [0.717, 1.165) is 25.7 Å². The number of hydrogen-bond acceptors (Lipinski definition) is 5. The van der Waals surface area contributed by atoms with Crippen molar-refractivity contribution in [1.29, 1.82) is 0 Å². The molecule has 0 heterocycles. The molecule has 2 unspecified atom stereocenters. The third-order valence-corrected chi connectivity index (χ3v) is 9.68. The second-order valence-electron chi connectivity index (χ2n) is 4.83. The third-order valence-electron chi connectivity index (χ3n) is 2.98. The van der Waals surface area contributed by atoms with E-state index in [4.69, 9.17) is 17.7 Å². The first-order chi connectivity index (χ1) is 8.95. The van der Waals surface area contributed by atoms with Gasteiger partial charge < -0.3 is 17.7 Å². The van der Waals surface area contributed by atoms with Gasteiger partial charge in [-0.1, -0.05) is 26.7 Å². The zero-order valence-electron chi connectivity index (χ0n) is 13.4. The highest BCUT2D eigenvalue weighted by Crippen LogP contribution is 2.11. The lowest BCUT2D eigenvalue weighted by Gasteiger charge is -2.34. The van der Waals surface area contributed by atoms with Gasteiger partial charge in [-0.25, -0.2) is 0 Å². The van der Waals surface area contributed by atoms with Crippen LogP contribution in [0.25, 0.3) is 0 Å². The smallest absolute Gasteiger partial charge is 0.386 e. The SMILES string of the molecule is CCCCO[Si](C)(N[Si](C)(OC)OCCCC)OC. The summed E-state index contributed by atoms with van der Waals surface area (Å²) in [7, 11) is -1.47. The minimum absolute atomic E-state index is 0.712. The fourth-order valence-corrected chi connectivity index (χ4v) is 7.52. The minimum atomic E-state index is -2.42. The van der Waals surface area contributed by atoms with Gasteiger partial charge in [0.25, 0.3) is 0 Å². The number of rotatable bonds is 12. The van der Waals surface area contributed by atoms with Crippen LogP contribution in [0.2, 0.25) is 13.1 Å². The Morgan fingerprint density at radius 1 is 0.789 bits per heavy atom. The van der Waals surface area contributed by atoms with Crippen molar-refractivity contribution in [1.82, 2.24) is 4.65 Å². The normalized spacial score (nSPS) is 18.0. The van der Waals surface area contributed by atoms with Crippen molar-refractivity contribution >= 4 is 17.4 Å². The van der Waals surface area contributed by atoms with Gasteiger partial charge in [0.05, 0.1) is 0 Å². The first-order valence-electron chi connectivity index (χ1n) is 7.12. The van der Waals surface area contributed by atoms with Gasteiger partial charge in [0.2, 0.25) is 0 Å². The summed E-state index contributed by atoms with van der Waals surface area (Å²) >= 11 is 0. The molecule has 0 aromatic heterocycles. The molecule has 0 aliphatic carbocycles. The molecule has 0 rings (SSSR count). The summed E-state index contributed by atoms with van der Waals surface area (Å²) in [4.78, 5) is 0. The van der Waals surface area contributed by atoms with Crippen LogP contribution in [0.5, 0.6) is 0 Å². The second-order valence-corrected chi connectivity index (χ2v) is 11.0. The summed E-state index contributed by atoms with van der Waals surface area (Å²) in [5.74, 6) is 0. The topological polar surface area (TPSA) is 49.0 Å². The molecule has 0 fully saturated rings. The second kappa shape index (κ2) is 10.0. The largest absolute Gasteiger partial charge is 0.418 e. The Hall–Kier alpha value is 0.234. The Labute approximate surface area is 120 Å². The highest BCUT2D eigenvalue weighted by molar-refractivity contribution is 6.80. The number of nitrogens with one attached hydrogen (secondary N) is 1. The van der Waals surface area contributed by atoms with Crippen molar-refractivity contribution in [2.75, 3.05) is 27.4 Å². The summed E-state index contributed by atoms with van der Waals surface area (Å²) in [6.07, 6.45) is 4.30.